The van der Waals surface area contributed by atoms with E-state index in [0.29, 0.717) is 13.1 Å². The summed E-state index contributed by atoms with van der Waals surface area (Å²) in [4.78, 5) is 6.81. The molecule has 0 bridgehead atoms. The van der Waals surface area contributed by atoms with Crippen LogP contribution in [0.25, 0.3) is 0 Å². The fourth-order valence-electron chi connectivity index (χ4n) is 2.82. The molecule has 6 nitrogen and oxygen atoms in total. The van der Waals surface area contributed by atoms with Crippen molar-refractivity contribution >= 4 is 35.6 Å². The lowest BCUT2D eigenvalue weighted by molar-refractivity contribution is 0.391. The van der Waals surface area contributed by atoms with E-state index in [1.807, 2.05) is 18.2 Å². The topological polar surface area (TPSA) is 58.1 Å². The van der Waals surface area contributed by atoms with Crippen LogP contribution in [0.1, 0.15) is 23.6 Å². The zero-order chi connectivity index (χ0) is 20.5. The minimum absolute atomic E-state index is 0. The van der Waals surface area contributed by atoms with Crippen molar-refractivity contribution in [3.8, 4) is 11.5 Å². The molecule has 0 radical (unpaired) electrons. The van der Waals surface area contributed by atoms with Crippen molar-refractivity contribution < 1.29 is 9.47 Å². The molecule has 0 fully saturated rings. The summed E-state index contributed by atoms with van der Waals surface area (Å²) in [7, 11) is 7.41. The first kappa shape index (κ1) is 24.9. The minimum atomic E-state index is 0. The Balaban J connectivity index is 0.00000420. The number of hydrogen-bond donors (Lipinski definition) is 2. The average molecular weight is 512 g/mol. The molecule has 0 saturated carbocycles. The minimum Gasteiger partial charge on any atom is -0.497 e. The summed E-state index contributed by atoms with van der Waals surface area (Å²) < 4.78 is 10.7. The van der Waals surface area contributed by atoms with Crippen molar-refractivity contribution in [2.75, 3.05) is 39.8 Å². The highest BCUT2D eigenvalue weighted by molar-refractivity contribution is 14.0. The number of methoxy groups -OCH3 is 2. The summed E-state index contributed by atoms with van der Waals surface area (Å²) in [6.07, 6.45) is 0. The molecule has 2 aromatic rings. The lowest BCUT2D eigenvalue weighted by Gasteiger charge is -2.17. The van der Waals surface area contributed by atoms with Gasteiger partial charge in [0.2, 0.25) is 0 Å². The van der Waals surface area contributed by atoms with Crippen molar-refractivity contribution in [2.24, 2.45) is 4.99 Å². The number of nitrogens with one attached hydrogen (secondary N) is 2. The van der Waals surface area contributed by atoms with Gasteiger partial charge in [0.15, 0.2) is 5.96 Å². The standard InChI is InChI=1S/C22H32N4O2.HI/c1-7-23-22(24-14-17-8-10-19(26(3)4)12-16(17)2)25-15-18-9-11-20(27-5)13-21(18)28-6;/h8-13H,7,14-15H2,1-6H3,(H2,23,24,25);1H. The quantitative estimate of drug-likeness (QED) is 0.319. The lowest BCUT2D eigenvalue weighted by atomic mass is 10.1. The molecule has 2 N–H and O–H groups in total. The van der Waals surface area contributed by atoms with E-state index in [1.165, 1.54) is 16.8 Å². The summed E-state index contributed by atoms with van der Waals surface area (Å²) in [5, 5.41) is 6.71. The number of benzene rings is 2. The van der Waals surface area contributed by atoms with E-state index in [2.05, 4.69) is 61.7 Å². The molecular formula is C22H33IN4O2. The van der Waals surface area contributed by atoms with E-state index in [9.17, 15) is 0 Å². The lowest BCUT2D eigenvalue weighted by Crippen LogP contribution is -2.37. The Morgan fingerprint density at radius 2 is 1.72 bits per heavy atom. The Morgan fingerprint density at radius 1 is 1.00 bits per heavy atom. The van der Waals surface area contributed by atoms with Crippen LogP contribution in [0.2, 0.25) is 0 Å². The molecule has 0 saturated heterocycles. The summed E-state index contributed by atoms with van der Waals surface area (Å²) >= 11 is 0. The first-order chi connectivity index (χ1) is 13.5. The highest BCUT2D eigenvalue weighted by Gasteiger charge is 2.07. The molecule has 7 heteroatoms. The number of halogens is 1. The molecule has 0 unspecified atom stereocenters. The summed E-state index contributed by atoms with van der Waals surface area (Å²) in [6, 6.07) is 12.3. The Bertz CT molecular complexity index is 809. The number of nitrogens with zero attached hydrogens (tertiary/aromatic N) is 2. The molecule has 0 aliphatic rings. The predicted molar refractivity (Wildman–Crippen MR) is 132 cm³/mol. The maximum Gasteiger partial charge on any atom is 0.191 e. The van der Waals surface area contributed by atoms with Gasteiger partial charge in [0.05, 0.1) is 20.8 Å². The Kier molecular flexibility index (Phi) is 10.6. The normalized spacial score (nSPS) is 10.8. The Hall–Kier alpha value is -2.16. The number of aliphatic imine (C=N–C) groups is 1. The number of aryl methyl sites for hydroxylation is 1. The monoisotopic (exact) mass is 512 g/mol. The van der Waals surface area contributed by atoms with Gasteiger partial charge < -0.3 is 25.0 Å². The van der Waals surface area contributed by atoms with E-state index in [1.54, 1.807) is 14.2 Å². The third kappa shape index (κ3) is 7.30. The third-order valence-corrected chi connectivity index (χ3v) is 4.53. The molecule has 29 heavy (non-hydrogen) atoms. The second-order valence-corrected chi connectivity index (χ2v) is 6.73. The van der Waals surface area contributed by atoms with Crippen LogP contribution in [0, 0.1) is 6.92 Å². The number of anilines is 1. The number of ether oxygens (including phenoxy) is 2. The van der Waals surface area contributed by atoms with Crippen LogP contribution in [0.5, 0.6) is 11.5 Å². The fourth-order valence-corrected chi connectivity index (χ4v) is 2.82. The summed E-state index contributed by atoms with van der Waals surface area (Å²) in [5.74, 6) is 2.32. The highest BCUT2D eigenvalue weighted by atomic mass is 127. The van der Waals surface area contributed by atoms with Crippen LogP contribution in [0.4, 0.5) is 5.69 Å². The van der Waals surface area contributed by atoms with Crippen molar-refractivity contribution in [3.63, 3.8) is 0 Å². The summed E-state index contributed by atoms with van der Waals surface area (Å²) in [5.41, 5.74) is 4.71. The zero-order valence-electron chi connectivity index (χ0n) is 18.2. The van der Waals surface area contributed by atoms with Crippen molar-refractivity contribution in [1.82, 2.24) is 10.6 Å². The second-order valence-electron chi connectivity index (χ2n) is 6.73. The van der Waals surface area contributed by atoms with E-state index >= 15 is 0 Å². The van der Waals surface area contributed by atoms with Crippen LogP contribution in [0.3, 0.4) is 0 Å². The van der Waals surface area contributed by atoms with Crippen molar-refractivity contribution in [1.29, 1.82) is 0 Å². The van der Waals surface area contributed by atoms with Crippen LogP contribution in [0.15, 0.2) is 41.4 Å². The second kappa shape index (κ2) is 12.4. The van der Waals surface area contributed by atoms with Crippen molar-refractivity contribution in [3.05, 3.63) is 53.1 Å². The SMILES string of the molecule is CCNC(=NCc1ccc(OC)cc1OC)NCc1ccc(N(C)C)cc1C.I. The zero-order valence-corrected chi connectivity index (χ0v) is 20.5. The number of guanidine groups is 1. The van der Waals surface area contributed by atoms with E-state index < -0.39 is 0 Å². The third-order valence-electron chi connectivity index (χ3n) is 4.53. The molecular weight excluding hydrogens is 479 g/mol. The number of rotatable bonds is 8. The van der Waals surface area contributed by atoms with Gasteiger partial charge in [-0.05, 0) is 49.2 Å². The predicted octanol–water partition coefficient (Wildman–Crippen LogP) is 3.95. The molecule has 2 aromatic carbocycles. The van der Waals surface area contributed by atoms with Crippen LogP contribution in [-0.4, -0.2) is 40.8 Å². The smallest absolute Gasteiger partial charge is 0.191 e. The van der Waals surface area contributed by atoms with E-state index in [-0.39, 0.29) is 24.0 Å². The van der Waals surface area contributed by atoms with Crippen LogP contribution < -0.4 is 25.0 Å². The maximum absolute atomic E-state index is 5.46. The van der Waals surface area contributed by atoms with Gasteiger partial charge in [0, 0.05) is 44.5 Å². The summed E-state index contributed by atoms with van der Waals surface area (Å²) in [6.45, 7) is 6.22. The molecule has 2 rings (SSSR count). The molecule has 0 aliphatic heterocycles. The average Bonchev–Trinajstić information content (AvgIpc) is 2.70. The molecule has 0 aromatic heterocycles. The fraction of sp³-hybridized carbons (Fsp3) is 0.409. The maximum atomic E-state index is 5.46. The molecule has 160 valence electrons. The van der Waals surface area contributed by atoms with Gasteiger partial charge in [-0.15, -0.1) is 24.0 Å². The van der Waals surface area contributed by atoms with Gasteiger partial charge in [-0.2, -0.15) is 0 Å². The van der Waals surface area contributed by atoms with Crippen molar-refractivity contribution in [2.45, 2.75) is 26.9 Å². The molecule has 0 atom stereocenters. The van der Waals surface area contributed by atoms with Gasteiger partial charge >= 0.3 is 0 Å². The van der Waals surface area contributed by atoms with Crippen LogP contribution in [-0.2, 0) is 13.1 Å². The largest absolute Gasteiger partial charge is 0.497 e. The van der Waals surface area contributed by atoms with E-state index in [0.717, 1.165) is 29.6 Å². The van der Waals surface area contributed by atoms with Gasteiger partial charge in [-0.1, -0.05) is 6.07 Å². The number of hydrogen-bond acceptors (Lipinski definition) is 4. The molecule has 0 spiro atoms. The van der Waals surface area contributed by atoms with Gasteiger partial charge in [0.1, 0.15) is 11.5 Å². The van der Waals surface area contributed by atoms with Crippen LogP contribution >= 0.6 is 24.0 Å². The Labute approximate surface area is 191 Å². The highest BCUT2D eigenvalue weighted by Crippen LogP contribution is 2.25. The first-order valence-corrected chi connectivity index (χ1v) is 9.48. The first-order valence-electron chi connectivity index (χ1n) is 9.48. The molecule has 0 heterocycles. The molecule has 0 amide bonds. The van der Waals surface area contributed by atoms with Gasteiger partial charge in [-0.25, -0.2) is 4.99 Å². The van der Waals surface area contributed by atoms with Gasteiger partial charge in [0.25, 0.3) is 0 Å². The van der Waals surface area contributed by atoms with Gasteiger partial charge in [-0.3, -0.25) is 0 Å². The Morgan fingerprint density at radius 3 is 2.31 bits per heavy atom. The molecule has 0 aliphatic carbocycles. The van der Waals surface area contributed by atoms with E-state index in [4.69, 9.17) is 14.5 Å².